The zero-order valence-electron chi connectivity index (χ0n) is 25.4. The highest BCUT2D eigenvalue weighted by Gasteiger charge is 2.30. The van der Waals surface area contributed by atoms with E-state index in [-0.39, 0.29) is 6.04 Å². The molecule has 5 aromatic rings. The molecule has 1 unspecified atom stereocenters. The van der Waals surface area contributed by atoms with Crippen molar-refractivity contribution < 1.29 is 19.0 Å². The number of methoxy groups -OCH3 is 1. The maximum absolute atomic E-state index is 13.0. The van der Waals surface area contributed by atoms with Gasteiger partial charge >= 0.3 is 6.09 Å². The summed E-state index contributed by atoms with van der Waals surface area (Å²) in [7, 11) is 1.40. The Hall–Kier alpha value is -4.90. The van der Waals surface area contributed by atoms with Crippen LogP contribution in [0.25, 0.3) is 16.9 Å². The normalized spacial score (nSPS) is 13.5. The van der Waals surface area contributed by atoms with Crippen LogP contribution in [0.5, 0.6) is 11.5 Å². The first-order chi connectivity index (χ1) is 21.3. The van der Waals surface area contributed by atoms with Gasteiger partial charge in [-0.15, -0.1) is 0 Å². The largest absolute Gasteiger partial charge is 0.486 e. The summed E-state index contributed by atoms with van der Waals surface area (Å²) in [5.41, 5.74) is 4.32. The van der Waals surface area contributed by atoms with Crippen LogP contribution in [-0.4, -0.2) is 67.9 Å². The van der Waals surface area contributed by atoms with Crippen molar-refractivity contribution in [2.45, 2.75) is 45.3 Å². The quantitative estimate of drug-likeness (QED) is 0.228. The summed E-state index contributed by atoms with van der Waals surface area (Å²) in [6.07, 6.45) is 7.43. The Morgan fingerprint density at radius 1 is 1.09 bits per heavy atom. The number of rotatable bonds is 10. The van der Waals surface area contributed by atoms with Crippen molar-refractivity contribution in [2.24, 2.45) is 0 Å². The van der Waals surface area contributed by atoms with Crippen LogP contribution in [0.1, 0.15) is 42.4 Å². The number of aromatic nitrogens is 5. The zero-order valence-corrected chi connectivity index (χ0v) is 25.4. The van der Waals surface area contributed by atoms with Crippen LogP contribution in [0.15, 0.2) is 73.4 Å². The second-order valence-electron chi connectivity index (χ2n) is 11.7. The second kappa shape index (κ2) is 12.4. The standard InChI is InChI=1S/C33H37N7O4/c1-22-15-27(37-31(36-22)39-12-11-34-21-39)28(17-23-5-7-26-25(16-23)9-10-35-26)38-33(2,3)20-40(32(41)42-4)19-24-6-8-29-30(18-24)44-14-13-43-29/h5-12,15-16,18,21,28,35,38H,13-14,17,19-20H2,1-4H3. The summed E-state index contributed by atoms with van der Waals surface area (Å²) < 4.78 is 18.4. The smallest absolute Gasteiger partial charge is 0.409 e. The molecule has 0 saturated carbocycles. The van der Waals surface area contributed by atoms with Gasteiger partial charge in [0.25, 0.3) is 0 Å². The molecular formula is C33H37N7O4. The Bertz CT molecular complexity index is 1750. The number of benzene rings is 2. The van der Waals surface area contributed by atoms with Crippen LogP contribution < -0.4 is 14.8 Å². The molecule has 11 heteroatoms. The van der Waals surface area contributed by atoms with Gasteiger partial charge in [-0.05, 0) is 80.1 Å². The molecule has 1 amide bonds. The number of ether oxygens (including phenoxy) is 3. The van der Waals surface area contributed by atoms with Crippen LogP contribution in [0, 0.1) is 6.92 Å². The van der Waals surface area contributed by atoms with E-state index < -0.39 is 11.6 Å². The first kappa shape index (κ1) is 29.2. The lowest BCUT2D eigenvalue weighted by Gasteiger charge is -2.36. The maximum atomic E-state index is 13.0. The average molecular weight is 596 g/mol. The molecule has 11 nitrogen and oxygen atoms in total. The van der Waals surface area contributed by atoms with Crippen LogP contribution in [0.4, 0.5) is 4.79 Å². The number of aryl methyl sites for hydroxylation is 1. The maximum Gasteiger partial charge on any atom is 0.409 e. The average Bonchev–Trinajstić information content (AvgIpc) is 3.72. The van der Waals surface area contributed by atoms with Gasteiger partial charge in [-0.1, -0.05) is 12.1 Å². The Morgan fingerprint density at radius 3 is 2.70 bits per heavy atom. The van der Waals surface area contributed by atoms with Crippen LogP contribution in [0.2, 0.25) is 0 Å². The summed E-state index contributed by atoms with van der Waals surface area (Å²) in [6.45, 7) is 7.88. The molecule has 0 fully saturated rings. The van der Waals surface area contributed by atoms with E-state index in [9.17, 15) is 4.79 Å². The summed E-state index contributed by atoms with van der Waals surface area (Å²) >= 11 is 0. The highest BCUT2D eigenvalue weighted by Crippen LogP contribution is 2.31. The van der Waals surface area contributed by atoms with Crippen LogP contribution >= 0.6 is 0 Å². The van der Waals surface area contributed by atoms with E-state index in [4.69, 9.17) is 19.2 Å². The number of imidazole rings is 1. The van der Waals surface area contributed by atoms with Crippen molar-refractivity contribution in [3.63, 3.8) is 0 Å². The molecule has 1 aliphatic heterocycles. The monoisotopic (exact) mass is 595 g/mol. The number of aromatic amines is 1. The predicted octanol–water partition coefficient (Wildman–Crippen LogP) is 5.14. The fourth-order valence-electron chi connectivity index (χ4n) is 5.66. The molecule has 0 bridgehead atoms. The molecule has 228 valence electrons. The lowest BCUT2D eigenvalue weighted by molar-refractivity contribution is 0.105. The number of fused-ring (bicyclic) bond motifs is 2. The van der Waals surface area contributed by atoms with Crippen molar-refractivity contribution in [1.29, 1.82) is 0 Å². The first-order valence-electron chi connectivity index (χ1n) is 14.7. The number of nitrogens with one attached hydrogen (secondary N) is 2. The van der Waals surface area contributed by atoms with Crippen molar-refractivity contribution in [3.8, 4) is 17.4 Å². The lowest BCUT2D eigenvalue weighted by Crippen LogP contribution is -2.52. The van der Waals surface area contributed by atoms with Gasteiger partial charge in [0.05, 0.1) is 18.8 Å². The van der Waals surface area contributed by atoms with Gasteiger partial charge in [0.1, 0.15) is 19.5 Å². The Kier molecular flexibility index (Phi) is 8.21. The third kappa shape index (κ3) is 6.68. The van der Waals surface area contributed by atoms with E-state index in [1.807, 2.05) is 43.6 Å². The number of carbonyl (C=O) groups is 1. The van der Waals surface area contributed by atoms with E-state index in [0.717, 1.165) is 33.4 Å². The number of hydrogen-bond donors (Lipinski definition) is 2. The van der Waals surface area contributed by atoms with Crippen molar-refractivity contribution in [3.05, 3.63) is 96.0 Å². The Morgan fingerprint density at radius 2 is 1.91 bits per heavy atom. The number of carbonyl (C=O) groups excluding carboxylic acids is 1. The van der Waals surface area contributed by atoms with Gasteiger partial charge in [-0.3, -0.25) is 4.57 Å². The van der Waals surface area contributed by atoms with Crippen LogP contribution in [0.3, 0.4) is 0 Å². The van der Waals surface area contributed by atoms with E-state index >= 15 is 0 Å². The minimum Gasteiger partial charge on any atom is -0.486 e. The highest BCUT2D eigenvalue weighted by atomic mass is 16.6. The van der Waals surface area contributed by atoms with Gasteiger partial charge in [0.15, 0.2) is 11.5 Å². The lowest BCUT2D eigenvalue weighted by atomic mass is 9.96. The van der Waals surface area contributed by atoms with Gasteiger partial charge < -0.3 is 29.4 Å². The first-order valence-corrected chi connectivity index (χ1v) is 14.7. The molecular weight excluding hydrogens is 558 g/mol. The van der Waals surface area contributed by atoms with Crippen molar-refractivity contribution in [2.75, 3.05) is 26.9 Å². The number of H-pyrrole nitrogens is 1. The van der Waals surface area contributed by atoms with Gasteiger partial charge in [0.2, 0.25) is 5.95 Å². The number of nitrogens with zero attached hydrogens (tertiary/aromatic N) is 5. The second-order valence-corrected chi connectivity index (χ2v) is 11.7. The fraction of sp³-hybridized carbons (Fsp3) is 0.333. The Balaban J connectivity index is 1.29. The molecule has 44 heavy (non-hydrogen) atoms. The molecule has 1 atom stereocenters. The molecule has 3 aromatic heterocycles. The number of amides is 1. The van der Waals surface area contributed by atoms with Crippen LogP contribution in [-0.2, 0) is 17.7 Å². The molecule has 0 spiro atoms. The van der Waals surface area contributed by atoms with Crippen molar-refractivity contribution >= 4 is 17.0 Å². The van der Waals surface area contributed by atoms with Gasteiger partial charge in [-0.2, -0.15) is 0 Å². The molecule has 0 radical (unpaired) electrons. The van der Waals surface area contributed by atoms with E-state index in [1.54, 1.807) is 22.0 Å². The summed E-state index contributed by atoms with van der Waals surface area (Å²) in [4.78, 5) is 31.8. The van der Waals surface area contributed by atoms with Gasteiger partial charge in [-0.25, -0.2) is 19.7 Å². The molecule has 1 aliphatic rings. The number of hydrogen-bond acceptors (Lipinski definition) is 8. The summed E-state index contributed by atoms with van der Waals surface area (Å²) in [6, 6.07) is 16.1. The predicted molar refractivity (Wildman–Crippen MR) is 166 cm³/mol. The minimum atomic E-state index is -0.543. The summed E-state index contributed by atoms with van der Waals surface area (Å²) in [5.74, 6) is 1.95. The third-order valence-electron chi connectivity index (χ3n) is 7.58. The SMILES string of the molecule is COC(=O)N(Cc1ccc2c(c1)OCCO2)CC(C)(C)NC(Cc1ccc2[nH]ccc2c1)c1cc(C)nc(-n2ccnc2)n1. The molecule has 6 rings (SSSR count). The minimum absolute atomic E-state index is 0.195. The van der Waals surface area contributed by atoms with Crippen molar-refractivity contribution in [1.82, 2.24) is 34.7 Å². The molecule has 2 N–H and O–H groups in total. The van der Waals surface area contributed by atoms with E-state index in [1.165, 1.54) is 7.11 Å². The topological polar surface area (TPSA) is 119 Å². The summed E-state index contributed by atoms with van der Waals surface area (Å²) in [5, 5.41) is 4.98. The van der Waals surface area contributed by atoms with E-state index in [0.29, 0.717) is 50.2 Å². The van der Waals surface area contributed by atoms with Gasteiger partial charge in [0, 0.05) is 48.4 Å². The highest BCUT2D eigenvalue weighted by molar-refractivity contribution is 5.79. The Labute approximate surface area is 256 Å². The fourth-order valence-corrected chi connectivity index (χ4v) is 5.66. The molecule has 4 heterocycles. The molecule has 2 aromatic carbocycles. The zero-order chi connectivity index (χ0) is 30.7. The third-order valence-corrected chi connectivity index (χ3v) is 7.58. The van der Waals surface area contributed by atoms with E-state index in [2.05, 4.69) is 58.4 Å². The molecule has 0 aliphatic carbocycles. The molecule has 0 saturated heterocycles.